The third-order valence-electron chi connectivity index (χ3n) is 8.47. The van der Waals surface area contributed by atoms with Crippen LogP contribution in [0.2, 0.25) is 0 Å². The summed E-state index contributed by atoms with van der Waals surface area (Å²) in [7, 11) is -28.6. The molecule has 0 fully saturated rings. The van der Waals surface area contributed by atoms with Gasteiger partial charge in [-0.1, -0.05) is 18.2 Å². The monoisotopic (exact) mass is 1020 g/mol. The molecule has 31 heteroatoms. The van der Waals surface area contributed by atoms with E-state index in [0.717, 1.165) is 36.5 Å². The highest BCUT2D eigenvalue weighted by Crippen LogP contribution is 2.48. The predicted octanol–water partition coefficient (Wildman–Crippen LogP) is 3.23. The Bertz CT molecular complexity index is 3460. The fraction of sp³-hybridized carbons (Fsp3) is 0.118. The number of carbonyl (C=O) groups excluding carboxylic acids is 1. The van der Waals surface area contributed by atoms with Crippen LogP contribution < -0.4 is 11.1 Å². The highest BCUT2D eigenvalue weighted by Gasteiger charge is 2.28. The fourth-order valence-electron chi connectivity index (χ4n) is 5.52. The van der Waals surface area contributed by atoms with Crippen molar-refractivity contribution in [1.29, 1.82) is 0 Å². The first-order valence-corrected chi connectivity index (χ1v) is 26.2. The van der Waals surface area contributed by atoms with E-state index in [9.17, 15) is 69.5 Å². The van der Waals surface area contributed by atoms with E-state index < -0.39 is 135 Å². The van der Waals surface area contributed by atoms with Crippen LogP contribution in [0.5, 0.6) is 5.75 Å². The molecule has 0 aromatic heterocycles. The lowest BCUT2D eigenvalue weighted by molar-refractivity contribution is 0.102. The van der Waals surface area contributed by atoms with Crippen molar-refractivity contribution < 1.29 is 87.0 Å². The smallest absolute Gasteiger partial charge is 0.397 e. The number of carbonyl (C=O) groups is 1. The molecular formula is C34H31N5O20S6. The average molecular weight is 1020 g/mol. The molecule has 0 radical (unpaired) electrons. The van der Waals surface area contributed by atoms with Crippen molar-refractivity contribution in [2.75, 3.05) is 35.8 Å². The predicted molar refractivity (Wildman–Crippen MR) is 227 cm³/mol. The van der Waals surface area contributed by atoms with Crippen LogP contribution in [-0.4, -0.2) is 111 Å². The third-order valence-corrected chi connectivity index (χ3v) is 14.5. The Kier molecular flexibility index (Phi) is 14.6. The Labute approximate surface area is 369 Å². The number of nitrogens with one attached hydrogen (secondary N) is 1. The van der Waals surface area contributed by atoms with Crippen molar-refractivity contribution in [3.63, 3.8) is 0 Å². The van der Waals surface area contributed by atoms with Gasteiger partial charge in [0.2, 0.25) is 0 Å². The molecule has 0 aliphatic carbocycles. The maximum absolute atomic E-state index is 13.0. The SMILES string of the molecule is Nc1c(N=Nc2ccc(S(=O)(=O)CCOS(=O)(=O)O)cc2)c(S(=O)(=O)O)cc2cc(S(=O)(=O)O)c(/N=C/c3ccc(C(=O)Nc4cccc(S(=O)(=O)CCOS(=O)(=O)O)c4)cc3)c(O)c12. The van der Waals surface area contributed by atoms with Crippen LogP contribution in [-0.2, 0) is 69.1 Å². The maximum atomic E-state index is 13.0. The van der Waals surface area contributed by atoms with Gasteiger partial charge < -0.3 is 16.2 Å². The van der Waals surface area contributed by atoms with Crippen molar-refractivity contribution >= 4 is 112 Å². The highest BCUT2D eigenvalue weighted by atomic mass is 32.3. The van der Waals surface area contributed by atoms with Crippen LogP contribution in [0, 0.1) is 0 Å². The summed E-state index contributed by atoms with van der Waals surface area (Å²) in [5, 5.41) is 20.5. The first-order chi connectivity index (χ1) is 29.9. The van der Waals surface area contributed by atoms with E-state index in [-0.39, 0.29) is 32.3 Å². The van der Waals surface area contributed by atoms with E-state index in [4.69, 9.17) is 14.8 Å². The number of phenols is 1. The first kappa shape index (κ1) is 50.2. The molecule has 5 aromatic rings. The van der Waals surface area contributed by atoms with Gasteiger partial charge in [0.1, 0.15) is 21.2 Å². The van der Waals surface area contributed by atoms with Crippen LogP contribution >= 0.6 is 0 Å². The van der Waals surface area contributed by atoms with Gasteiger partial charge in [-0.15, -0.1) is 5.11 Å². The number of hydrogen-bond donors (Lipinski definition) is 7. The number of fused-ring (bicyclic) bond motifs is 1. The zero-order valence-electron chi connectivity index (χ0n) is 32.2. The van der Waals surface area contributed by atoms with E-state index in [1.54, 1.807) is 0 Å². The Balaban J connectivity index is 1.44. The van der Waals surface area contributed by atoms with Crippen molar-refractivity contribution in [3.8, 4) is 5.75 Å². The molecule has 0 saturated carbocycles. The Hall–Kier alpha value is -5.84. The van der Waals surface area contributed by atoms with Crippen molar-refractivity contribution in [2.24, 2.45) is 15.2 Å². The molecule has 65 heavy (non-hydrogen) atoms. The van der Waals surface area contributed by atoms with Crippen LogP contribution in [0.3, 0.4) is 0 Å². The van der Waals surface area contributed by atoms with Crippen molar-refractivity contribution in [3.05, 3.63) is 96.1 Å². The summed E-state index contributed by atoms with van der Waals surface area (Å²) < 4.78 is 189. The van der Waals surface area contributed by atoms with Gasteiger partial charge in [-0.05, 0) is 77.7 Å². The number of phenolic OH excluding ortho intramolecular Hbond substituents is 1. The number of nitrogens with zero attached hydrogens (tertiary/aromatic N) is 3. The number of sulfone groups is 2. The molecule has 0 aliphatic rings. The quantitative estimate of drug-likeness (QED) is 0.0287. The highest BCUT2D eigenvalue weighted by molar-refractivity contribution is 7.91. The minimum absolute atomic E-state index is 0.0121. The second-order valence-electron chi connectivity index (χ2n) is 13.0. The molecule has 25 nitrogen and oxygen atoms in total. The van der Waals surface area contributed by atoms with Crippen molar-refractivity contribution in [1.82, 2.24) is 0 Å². The average Bonchev–Trinajstić information content (AvgIpc) is 3.18. The molecule has 0 bridgehead atoms. The molecule has 1 amide bonds. The van der Waals surface area contributed by atoms with Gasteiger partial charge in [0.15, 0.2) is 25.4 Å². The summed E-state index contributed by atoms with van der Waals surface area (Å²) >= 11 is 0. The molecule has 8 N–H and O–H groups in total. The minimum atomic E-state index is -5.25. The minimum Gasteiger partial charge on any atom is -0.505 e. The molecule has 348 valence electrons. The van der Waals surface area contributed by atoms with Gasteiger partial charge in [0.05, 0.1) is 51.3 Å². The number of nitrogens with two attached hydrogens (primary N) is 1. The number of hydrogen-bond acceptors (Lipinski definition) is 20. The third kappa shape index (κ3) is 13.1. The van der Waals surface area contributed by atoms with Crippen LogP contribution in [0.4, 0.5) is 28.4 Å². The molecule has 0 unspecified atom stereocenters. The second kappa shape index (κ2) is 18.9. The molecule has 0 saturated heterocycles. The van der Waals surface area contributed by atoms with E-state index >= 15 is 0 Å². The number of nitrogen functional groups attached to an aromatic ring is 1. The Morgan fingerprint density at radius 1 is 0.646 bits per heavy atom. The number of aliphatic imine (C=N–C) groups is 1. The number of benzene rings is 5. The topological polar surface area (TPSA) is 417 Å². The van der Waals surface area contributed by atoms with Crippen LogP contribution in [0.1, 0.15) is 15.9 Å². The summed E-state index contributed by atoms with van der Waals surface area (Å²) in [5.41, 5.74) is 3.96. The van der Waals surface area contributed by atoms with Gasteiger partial charge in [0.25, 0.3) is 26.1 Å². The van der Waals surface area contributed by atoms with E-state index in [1.165, 1.54) is 42.5 Å². The Morgan fingerprint density at radius 3 is 1.69 bits per heavy atom. The number of amides is 1. The molecule has 0 atom stereocenters. The lowest BCUT2D eigenvalue weighted by Crippen LogP contribution is -2.16. The van der Waals surface area contributed by atoms with Gasteiger partial charge >= 0.3 is 20.8 Å². The molecule has 0 heterocycles. The molecule has 5 aromatic carbocycles. The van der Waals surface area contributed by atoms with E-state index in [1.807, 2.05) is 0 Å². The summed E-state index contributed by atoms with van der Waals surface area (Å²) in [6, 6.07) is 15.6. The van der Waals surface area contributed by atoms with Crippen molar-refractivity contribution in [2.45, 2.75) is 19.6 Å². The summed E-state index contributed by atoms with van der Waals surface area (Å²) in [6.07, 6.45) is 0.992. The van der Waals surface area contributed by atoms with Crippen LogP contribution in [0.25, 0.3) is 10.8 Å². The lowest BCUT2D eigenvalue weighted by atomic mass is 10.0. The normalized spacial score (nSPS) is 13.2. The number of aromatic hydroxyl groups is 1. The standard InChI is InChI=1S/C34H31N5O20S6/c35-30-29-22(16-27(62(46,47)48)31(30)39-38-23-8-10-25(11-9-23)60(42,43)14-12-58-64(52,53)54)17-28(63(49,50)51)32(33(29)40)36-19-20-4-6-21(7-5-20)34(41)37-24-2-1-3-26(18-24)61(44,45)15-13-59-65(55,56)57/h1-11,16-19,40H,12-15,35H2,(H,37,41)(H,46,47,48)(H,49,50,51)(H,52,53,54)(H,55,56,57)/b36-19+,39-38?. The summed E-state index contributed by atoms with van der Waals surface area (Å²) in [4.78, 5) is 14.2. The van der Waals surface area contributed by atoms with E-state index in [0.29, 0.717) is 12.1 Å². The maximum Gasteiger partial charge on any atom is 0.397 e. The summed E-state index contributed by atoms with van der Waals surface area (Å²) in [6.45, 7) is -1.79. The fourth-order valence-corrected chi connectivity index (χ4v) is 9.88. The summed E-state index contributed by atoms with van der Waals surface area (Å²) in [5.74, 6) is -3.46. The Morgan fingerprint density at radius 2 is 1.17 bits per heavy atom. The molecule has 0 aliphatic heterocycles. The van der Waals surface area contributed by atoms with Gasteiger partial charge in [-0.3, -0.25) is 28.0 Å². The van der Waals surface area contributed by atoms with Gasteiger partial charge in [-0.2, -0.15) is 38.8 Å². The molecular weight excluding hydrogens is 991 g/mol. The molecule has 5 rings (SSSR count). The number of rotatable bonds is 18. The first-order valence-electron chi connectivity index (χ1n) is 17.3. The van der Waals surface area contributed by atoms with E-state index in [2.05, 4.69) is 28.9 Å². The second-order valence-corrected chi connectivity index (χ2v) is 22.1. The zero-order valence-corrected chi connectivity index (χ0v) is 37.1. The largest absolute Gasteiger partial charge is 0.505 e. The van der Waals surface area contributed by atoms with Crippen LogP contribution in [0.15, 0.2) is 120 Å². The number of anilines is 2. The number of azo groups is 1. The zero-order chi connectivity index (χ0) is 48.3. The van der Waals surface area contributed by atoms with Gasteiger partial charge in [0, 0.05) is 17.5 Å². The molecule has 0 spiro atoms. The lowest BCUT2D eigenvalue weighted by Gasteiger charge is -2.14. The van der Waals surface area contributed by atoms with Gasteiger partial charge in [-0.25, -0.2) is 25.2 Å².